The van der Waals surface area contributed by atoms with Crippen LogP contribution in [0.5, 0.6) is 0 Å². The molecule has 7 nitrogen and oxygen atoms in total. The van der Waals surface area contributed by atoms with Crippen molar-refractivity contribution in [2.45, 2.75) is 19.9 Å². The minimum atomic E-state index is -0.846. The van der Waals surface area contributed by atoms with E-state index in [0.29, 0.717) is 30.2 Å². The summed E-state index contributed by atoms with van der Waals surface area (Å²) in [6.07, 6.45) is 1.83. The third-order valence-corrected chi connectivity index (χ3v) is 7.03. The Kier molecular flexibility index (Phi) is 7.06. The molecule has 1 atom stereocenters. The first-order chi connectivity index (χ1) is 17.9. The van der Waals surface area contributed by atoms with E-state index in [0.717, 1.165) is 24.5 Å². The predicted octanol–water partition coefficient (Wildman–Crippen LogP) is 5.19. The van der Waals surface area contributed by atoms with Crippen LogP contribution in [-0.4, -0.2) is 54.5 Å². The van der Waals surface area contributed by atoms with Gasteiger partial charge in [0.2, 0.25) is 0 Å². The first-order valence-corrected chi connectivity index (χ1v) is 12.7. The minimum absolute atomic E-state index is 0.0173. The molecule has 0 bridgehead atoms. The lowest BCUT2D eigenvalue weighted by atomic mass is 9.70. The lowest BCUT2D eigenvalue weighted by Crippen LogP contribution is -2.53. The van der Waals surface area contributed by atoms with E-state index < -0.39 is 11.5 Å². The fourth-order valence-corrected chi connectivity index (χ4v) is 5.19. The van der Waals surface area contributed by atoms with Crippen LogP contribution in [0.4, 0.5) is 16.3 Å². The van der Waals surface area contributed by atoms with Gasteiger partial charge in [-0.2, -0.15) is 0 Å². The van der Waals surface area contributed by atoms with Crippen molar-refractivity contribution >= 4 is 29.4 Å². The van der Waals surface area contributed by atoms with Gasteiger partial charge in [-0.3, -0.25) is 4.79 Å². The molecule has 190 valence electrons. The number of anilines is 2. The third-order valence-electron chi connectivity index (χ3n) is 7.03. The number of ketones is 1. The van der Waals surface area contributed by atoms with Gasteiger partial charge in [0, 0.05) is 24.4 Å². The molecule has 0 saturated carbocycles. The lowest BCUT2D eigenvalue weighted by molar-refractivity contribution is -0.129. The Balaban J connectivity index is 1.50. The largest absolute Gasteiger partial charge is 0.378 e. The van der Waals surface area contributed by atoms with E-state index in [4.69, 9.17) is 9.72 Å². The van der Waals surface area contributed by atoms with Gasteiger partial charge in [-0.15, -0.1) is 0 Å². The number of para-hydroxylation sites is 1. The molecular formula is C30H32N4O3. The Hall–Kier alpha value is -3.97. The third kappa shape index (κ3) is 5.27. The second kappa shape index (κ2) is 10.6. The molecule has 0 spiro atoms. The predicted molar refractivity (Wildman–Crippen MR) is 145 cm³/mol. The van der Waals surface area contributed by atoms with Crippen molar-refractivity contribution in [3.8, 4) is 0 Å². The van der Waals surface area contributed by atoms with Gasteiger partial charge in [-0.25, -0.2) is 9.78 Å². The first-order valence-electron chi connectivity index (χ1n) is 12.7. The molecule has 2 saturated heterocycles. The number of carbonyl (C=O) groups excluding carboxylic acids is 2. The van der Waals surface area contributed by atoms with Crippen molar-refractivity contribution in [3.63, 3.8) is 0 Å². The molecule has 37 heavy (non-hydrogen) atoms. The quantitative estimate of drug-likeness (QED) is 0.504. The van der Waals surface area contributed by atoms with Crippen LogP contribution in [0.3, 0.4) is 0 Å². The number of urea groups is 1. The van der Waals surface area contributed by atoms with Crippen molar-refractivity contribution in [1.82, 2.24) is 9.88 Å². The number of hydrogen-bond acceptors (Lipinski definition) is 5. The number of piperidine rings is 1. The summed E-state index contributed by atoms with van der Waals surface area (Å²) in [4.78, 5) is 36.3. The Labute approximate surface area is 217 Å². The molecule has 1 unspecified atom stereocenters. The smallest absolute Gasteiger partial charge is 0.322 e. The summed E-state index contributed by atoms with van der Waals surface area (Å²) in [5, 5.41) is 3.01. The molecule has 2 aromatic carbocycles. The van der Waals surface area contributed by atoms with Gasteiger partial charge in [0.05, 0.1) is 36.9 Å². The SMILES string of the molecule is CC1(C)C(=O)C(=Cc2cccc(N3CCOCC3)n2)CN(C(=O)Nc2ccccc2)C1c1ccccc1. The van der Waals surface area contributed by atoms with Gasteiger partial charge in [-0.1, -0.05) is 68.4 Å². The fraction of sp³-hybridized carbons (Fsp3) is 0.300. The monoisotopic (exact) mass is 496 g/mol. The van der Waals surface area contributed by atoms with Crippen molar-refractivity contribution < 1.29 is 14.3 Å². The van der Waals surface area contributed by atoms with Gasteiger partial charge >= 0.3 is 6.03 Å². The highest BCUT2D eigenvalue weighted by molar-refractivity contribution is 6.06. The average Bonchev–Trinajstić information content (AvgIpc) is 2.93. The van der Waals surface area contributed by atoms with Crippen molar-refractivity contribution in [2.24, 2.45) is 5.41 Å². The Bertz CT molecular complexity index is 1280. The average molecular weight is 497 g/mol. The number of aromatic nitrogens is 1. The molecule has 7 heteroatoms. The maximum atomic E-state index is 13.9. The number of hydrogen-bond donors (Lipinski definition) is 1. The molecule has 1 N–H and O–H groups in total. The number of pyridine rings is 1. The van der Waals surface area contributed by atoms with E-state index in [-0.39, 0.29) is 18.4 Å². The molecule has 3 heterocycles. The Morgan fingerprint density at radius 3 is 2.35 bits per heavy atom. The molecule has 1 aromatic heterocycles. The normalized spacial score (nSPS) is 20.6. The molecular weight excluding hydrogens is 464 g/mol. The minimum Gasteiger partial charge on any atom is -0.378 e. The summed E-state index contributed by atoms with van der Waals surface area (Å²) in [5.41, 5.74) is 2.05. The summed E-state index contributed by atoms with van der Waals surface area (Å²) in [5.74, 6) is 0.879. The molecule has 2 amide bonds. The maximum Gasteiger partial charge on any atom is 0.322 e. The molecule has 2 aliphatic rings. The van der Waals surface area contributed by atoms with Crippen LogP contribution in [0, 0.1) is 5.41 Å². The second-order valence-corrected chi connectivity index (χ2v) is 9.98. The summed E-state index contributed by atoms with van der Waals surface area (Å²) in [6.45, 7) is 6.93. The molecule has 2 fully saturated rings. The fourth-order valence-electron chi connectivity index (χ4n) is 5.19. The number of ether oxygens (including phenoxy) is 1. The van der Waals surface area contributed by atoms with Crippen LogP contribution < -0.4 is 10.2 Å². The number of amides is 2. The summed E-state index contributed by atoms with van der Waals surface area (Å²) < 4.78 is 5.46. The van der Waals surface area contributed by atoms with Gasteiger partial charge in [-0.05, 0) is 35.9 Å². The van der Waals surface area contributed by atoms with Gasteiger partial charge < -0.3 is 19.9 Å². The summed E-state index contributed by atoms with van der Waals surface area (Å²) >= 11 is 0. The second-order valence-electron chi connectivity index (χ2n) is 9.98. The van der Waals surface area contributed by atoms with E-state index in [9.17, 15) is 9.59 Å². The van der Waals surface area contributed by atoms with E-state index in [2.05, 4.69) is 10.2 Å². The molecule has 0 aliphatic carbocycles. The number of likely N-dealkylation sites (tertiary alicyclic amines) is 1. The number of benzene rings is 2. The highest BCUT2D eigenvalue weighted by Gasteiger charge is 2.48. The van der Waals surface area contributed by atoms with Gasteiger partial charge in [0.25, 0.3) is 0 Å². The lowest BCUT2D eigenvalue weighted by Gasteiger charge is -2.46. The van der Waals surface area contributed by atoms with Gasteiger partial charge in [0.1, 0.15) is 5.82 Å². The zero-order chi connectivity index (χ0) is 25.8. The standard InChI is InChI=1S/C30H32N4O3/c1-30(2)27(22-10-5-3-6-11-22)34(29(36)32-24-12-7-4-8-13-24)21-23(28(30)35)20-25-14-9-15-26(31-25)33-16-18-37-19-17-33/h3-15,20,27H,16-19,21H2,1-2H3,(H,32,36). The zero-order valence-corrected chi connectivity index (χ0v) is 21.3. The van der Waals surface area contributed by atoms with Crippen LogP contribution in [0.2, 0.25) is 0 Å². The van der Waals surface area contributed by atoms with Crippen molar-refractivity contribution in [3.05, 3.63) is 95.7 Å². The van der Waals surface area contributed by atoms with Crippen LogP contribution in [0.1, 0.15) is 31.1 Å². The van der Waals surface area contributed by atoms with Gasteiger partial charge in [0.15, 0.2) is 5.78 Å². The number of nitrogens with zero attached hydrogens (tertiary/aromatic N) is 3. The molecule has 2 aliphatic heterocycles. The van der Waals surface area contributed by atoms with Crippen molar-refractivity contribution in [2.75, 3.05) is 43.1 Å². The zero-order valence-electron chi connectivity index (χ0n) is 21.3. The van der Waals surface area contributed by atoms with Crippen LogP contribution in [0.15, 0.2) is 84.4 Å². The molecule has 5 rings (SSSR count). The van der Waals surface area contributed by atoms with Crippen molar-refractivity contribution in [1.29, 1.82) is 0 Å². The van der Waals surface area contributed by atoms with E-state index >= 15 is 0 Å². The van der Waals surface area contributed by atoms with Crippen LogP contribution in [0.25, 0.3) is 6.08 Å². The van der Waals surface area contributed by atoms with E-state index in [1.54, 1.807) is 4.90 Å². The first kappa shape index (κ1) is 24.7. The number of nitrogens with one attached hydrogen (secondary N) is 1. The number of morpholine rings is 1. The van der Waals surface area contributed by atoms with E-state index in [1.165, 1.54) is 0 Å². The Morgan fingerprint density at radius 1 is 0.973 bits per heavy atom. The number of rotatable bonds is 4. The molecule has 3 aromatic rings. The highest BCUT2D eigenvalue weighted by atomic mass is 16.5. The highest BCUT2D eigenvalue weighted by Crippen LogP contribution is 2.45. The summed E-state index contributed by atoms with van der Waals surface area (Å²) in [6, 6.07) is 24.3. The van der Waals surface area contributed by atoms with E-state index in [1.807, 2.05) is 98.8 Å². The molecule has 0 radical (unpaired) electrons. The number of Topliss-reactive ketones (excluding diaryl/α,β-unsaturated/α-hetero) is 1. The van der Waals surface area contributed by atoms with Crippen LogP contribution >= 0.6 is 0 Å². The summed E-state index contributed by atoms with van der Waals surface area (Å²) in [7, 11) is 0. The maximum absolute atomic E-state index is 13.9. The Morgan fingerprint density at radius 2 is 1.65 bits per heavy atom. The topological polar surface area (TPSA) is 74.8 Å². The number of carbonyl (C=O) groups is 2. The van der Waals surface area contributed by atoms with Crippen LogP contribution in [-0.2, 0) is 9.53 Å².